The third-order valence-electron chi connectivity index (χ3n) is 3.43. The Morgan fingerprint density at radius 1 is 1.30 bits per heavy atom. The van der Waals surface area contributed by atoms with Crippen molar-refractivity contribution in [3.05, 3.63) is 65.6 Å². The van der Waals surface area contributed by atoms with Crippen LogP contribution in [-0.4, -0.2) is 16.0 Å². The first kappa shape index (κ1) is 15.0. The lowest BCUT2D eigenvalue weighted by molar-refractivity contribution is -0.111. The summed E-state index contributed by atoms with van der Waals surface area (Å²) in [6.45, 7) is 1.82. The average Bonchev–Trinajstić information content (AvgIpc) is 2.98. The minimum absolute atomic E-state index is 0.0676. The molecule has 1 amide bonds. The fraction of sp³-hybridized carbons (Fsp3) is 0.111. The molecule has 23 heavy (non-hydrogen) atoms. The first-order valence-electron chi connectivity index (χ1n) is 7.21. The van der Waals surface area contributed by atoms with Gasteiger partial charge in [0.15, 0.2) is 5.58 Å². The quantitative estimate of drug-likeness (QED) is 0.725. The molecular weight excluding hydrogens is 292 g/mol. The summed E-state index contributed by atoms with van der Waals surface area (Å²) in [6.07, 6.45) is 2.90. The van der Waals surface area contributed by atoms with E-state index in [1.165, 1.54) is 12.2 Å². The number of para-hydroxylation sites is 2. The Kier molecular flexibility index (Phi) is 4.21. The second-order valence-electron chi connectivity index (χ2n) is 5.15. The third-order valence-corrected chi connectivity index (χ3v) is 3.43. The third kappa shape index (κ3) is 3.46. The number of aryl methyl sites for hydroxylation is 1. The predicted molar refractivity (Wildman–Crippen MR) is 88.8 cm³/mol. The number of aliphatic hydroxyl groups excluding tert-OH is 1. The largest absolute Gasteiger partial charge is 0.437 e. The maximum absolute atomic E-state index is 12.0. The zero-order valence-electron chi connectivity index (χ0n) is 12.6. The second-order valence-corrected chi connectivity index (χ2v) is 5.15. The number of amides is 1. The smallest absolute Gasteiger partial charge is 0.248 e. The predicted octanol–water partition coefficient (Wildman–Crippen LogP) is 3.28. The van der Waals surface area contributed by atoms with Crippen LogP contribution in [0.2, 0.25) is 0 Å². The molecule has 0 unspecified atom stereocenters. The van der Waals surface area contributed by atoms with Crippen LogP contribution in [0.25, 0.3) is 17.2 Å². The number of anilines is 1. The standard InChI is InChI=1S/C18H16N2O3/c1-12-6-7-13(11-21)10-15(12)19-17(22)8-9-18-20-14-4-2-3-5-16(14)23-18/h2-10,21H,11H2,1H3,(H,19,22)/b9-8+. The number of benzene rings is 2. The van der Waals surface area contributed by atoms with Crippen molar-refractivity contribution in [2.24, 2.45) is 0 Å². The van der Waals surface area contributed by atoms with E-state index in [0.717, 1.165) is 16.6 Å². The molecule has 1 heterocycles. The van der Waals surface area contributed by atoms with Crippen LogP contribution in [0.4, 0.5) is 5.69 Å². The molecule has 5 heteroatoms. The zero-order chi connectivity index (χ0) is 16.2. The van der Waals surface area contributed by atoms with Crippen LogP contribution < -0.4 is 5.32 Å². The van der Waals surface area contributed by atoms with E-state index in [1.807, 2.05) is 43.3 Å². The van der Waals surface area contributed by atoms with E-state index in [1.54, 1.807) is 6.07 Å². The highest BCUT2D eigenvalue weighted by molar-refractivity contribution is 6.02. The van der Waals surface area contributed by atoms with Crippen molar-refractivity contribution in [2.45, 2.75) is 13.5 Å². The van der Waals surface area contributed by atoms with Gasteiger partial charge in [-0.25, -0.2) is 4.98 Å². The van der Waals surface area contributed by atoms with Crippen molar-refractivity contribution in [1.82, 2.24) is 4.98 Å². The first-order valence-corrected chi connectivity index (χ1v) is 7.21. The molecule has 116 valence electrons. The van der Waals surface area contributed by atoms with Gasteiger partial charge in [-0.15, -0.1) is 0 Å². The second kappa shape index (κ2) is 6.46. The summed E-state index contributed by atoms with van der Waals surface area (Å²) in [5.74, 6) is 0.0904. The van der Waals surface area contributed by atoms with E-state index in [4.69, 9.17) is 9.52 Å². The molecule has 2 N–H and O–H groups in total. The number of nitrogens with zero attached hydrogens (tertiary/aromatic N) is 1. The number of oxazole rings is 1. The summed E-state index contributed by atoms with van der Waals surface area (Å²) in [4.78, 5) is 16.3. The van der Waals surface area contributed by atoms with Crippen molar-refractivity contribution in [1.29, 1.82) is 0 Å². The van der Waals surface area contributed by atoms with Crippen molar-refractivity contribution in [3.8, 4) is 0 Å². The van der Waals surface area contributed by atoms with E-state index in [2.05, 4.69) is 10.3 Å². The molecule has 0 radical (unpaired) electrons. The maximum atomic E-state index is 12.0. The summed E-state index contributed by atoms with van der Waals surface area (Å²) in [5, 5.41) is 11.9. The van der Waals surface area contributed by atoms with Crippen LogP contribution in [0.1, 0.15) is 17.0 Å². The van der Waals surface area contributed by atoms with Crippen LogP contribution >= 0.6 is 0 Å². The van der Waals surface area contributed by atoms with Crippen LogP contribution in [-0.2, 0) is 11.4 Å². The summed E-state index contributed by atoms with van der Waals surface area (Å²) < 4.78 is 5.52. The summed E-state index contributed by atoms with van der Waals surface area (Å²) in [6, 6.07) is 12.8. The molecule has 0 aliphatic heterocycles. The Morgan fingerprint density at radius 3 is 2.91 bits per heavy atom. The Bertz CT molecular complexity index is 848. The van der Waals surface area contributed by atoms with E-state index < -0.39 is 0 Å². The van der Waals surface area contributed by atoms with Gasteiger partial charge in [0.05, 0.1) is 6.61 Å². The fourth-order valence-electron chi connectivity index (χ4n) is 2.18. The number of nitrogens with one attached hydrogen (secondary N) is 1. The van der Waals surface area contributed by atoms with E-state index in [0.29, 0.717) is 17.2 Å². The highest BCUT2D eigenvalue weighted by Gasteiger charge is 2.05. The van der Waals surface area contributed by atoms with E-state index in [-0.39, 0.29) is 12.5 Å². The highest BCUT2D eigenvalue weighted by atomic mass is 16.3. The number of carbonyl (C=O) groups excluding carboxylic acids is 1. The van der Waals surface area contributed by atoms with Crippen molar-refractivity contribution in [2.75, 3.05) is 5.32 Å². The molecule has 3 aromatic rings. The Balaban J connectivity index is 1.73. The Labute approximate surface area is 133 Å². The number of hydrogen-bond donors (Lipinski definition) is 2. The average molecular weight is 308 g/mol. The van der Waals surface area contributed by atoms with Gasteiger partial charge >= 0.3 is 0 Å². The van der Waals surface area contributed by atoms with Gasteiger partial charge in [-0.3, -0.25) is 4.79 Å². The number of carbonyl (C=O) groups is 1. The van der Waals surface area contributed by atoms with Gasteiger partial charge in [-0.05, 0) is 36.2 Å². The number of aliphatic hydroxyl groups is 1. The highest BCUT2D eigenvalue weighted by Crippen LogP contribution is 2.18. The Hall–Kier alpha value is -2.92. The molecule has 1 aromatic heterocycles. The van der Waals surface area contributed by atoms with Crippen LogP contribution in [0.5, 0.6) is 0 Å². The van der Waals surface area contributed by atoms with Gasteiger partial charge in [-0.1, -0.05) is 24.3 Å². The lowest BCUT2D eigenvalue weighted by atomic mass is 10.1. The lowest BCUT2D eigenvalue weighted by Gasteiger charge is -2.07. The molecule has 0 spiro atoms. The van der Waals surface area contributed by atoms with E-state index in [9.17, 15) is 4.79 Å². The normalized spacial score (nSPS) is 11.2. The maximum Gasteiger partial charge on any atom is 0.248 e. The molecule has 0 fully saturated rings. The minimum Gasteiger partial charge on any atom is -0.437 e. The van der Waals surface area contributed by atoms with Crippen LogP contribution in [0, 0.1) is 6.92 Å². The van der Waals surface area contributed by atoms with Gasteiger partial charge in [0.1, 0.15) is 5.52 Å². The summed E-state index contributed by atoms with van der Waals surface area (Å²) >= 11 is 0. The SMILES string of the molecule is Cc1ccc(CO)cc1NC(=O)/C=C/c1nc2ccccc2o1. The minimum atomic E-state index is -0.287. The number of rotatable bonds is 4. The first-order chi connectivity index (χ1) is 11.2. The molecule has 0 saturated carbocycles. The van der Waals surface area contributed by atoms with Gasteiger partial charge in [-0.2, -0.15) is 0 Å². The van der Waals surface area contributed by atoms with Crippen molar-refractivity contribution < 1.29 is 14.3 Å². The van der Waals surface area contributed by atoms with Crippen molar-refractivity contribution >= 4 is 28.8 Å². The monoisotopic (exact) mass is 308 g/mol. The molecule has 0 saturated heterocycles. The molecular formula is C18H16N2O3. The van der Waals surface area contributed by atoms with Gasteiger partial charge in [0, 0.05) is 17.8 Å². The number of fused-ring (bicyclic) bond motifs is 1. The van der Waals surface area contributed by atoms with Gasteiger partial charge in [0.2, 0.25) is 11.8 Å². The zero-order valence-corrected chi connectivity index (χ0v) is 12.6. The topological polar surface area (TPSA) is 75.4 Å². The number of hydrogen-bond acceptors (Lipinski definition) is 4. The van der Waals surface area contributed by atoms with E-state index >= 15 is 0 Å². The van der Waals surface area contributed by atoms with Crippen LogP contribution in [0.15, 0.2) is 53.0 Å². The van der Waals surface area contributed by atoms with Crippen molar-refractivity contribution in [3.63, 3.8) is 0 Å². The van der Waals surface area contributed by atoms with Crippen LogP contribution in [0.3, 0.4) is 0 Å². The van der Waals surface area contributed by atoms with Gasteiger partial charge in [0.25, 0.3) is 0 Å². The number of aromatic nitrogens is 1. The molecule has 5 nitrogen and oxygen atoms in total. The molecule has 0 aliphatic rings. The molecule has 0 bridgehead atoms. The summed E-state index contributed by atoms with van der Waals surface area (Å²) in [7, 11) is 0. The fourth-order valence-corrected chi connectivity index (χ4v) is 2.18. The molecule has 3 rings (SSSR count). The summed E-state index contributed by atoms with van der Waals surface area (Å²) in [5.41, 5.74) is 3.77. The lowest BCUT2D eigenvalue weighted by Crippen LogP contribution is -2.09. The Morgan fingerprint density at radius 2 is 2.13 bits per heavy atom. The molecule has 0 atom stereocenters. The molecule has 0 aliphatic carbocycles. The molecule has 2 aromatic carbocycles. The van der Waals surface area contributed by atoms with Gasteiger partial charge < -0.3 is 14.8 Å².